The first-order chi connectivity index (χ1) is 11.5. The molecule has 2 atom stereocenters. The van der Waals surface area contributed by atoms with Crippen molar-refractivity contribution in [3.05, 3.63) is 48.0 Å². The Kier molecular flexibility index (Phi) is 6.32. The van der Waals surface area contributed by atoms with Gasteiger partial charge in [-0.1, -0.05) is 49.7 Å². The average Bonchev–Trinajstić information content (AvgIpc) is 2.58. The number of unbranched alkanes of at least 4 members (excludes halogenated alkanes) is 1. The van der Waals surface area contributed by atoms with Crippen molar-refractivity contribution in [3.8, 4) is 0 Å². The minimum absolute atomic E-state index is 0.424. The highest BCUT2D eigenvalue weighted by Crippen LogP contribution is 2.21. The summed E-state index contributed by atoms with van der Waals surface area (Å²) in [4.78, 5) is 23.8. The van der Waals surface area contributed by atoms with Crippen LogP contribution in [0.2, 0.25) is 0 Å². The fourth-order valence-corrected chi connectivity index (χ4v) is 2.41. The first-order valence-corrected chi connectivity index (χ1v) is 8.16. The molecule has 2 N–H and O–H groups in total. The molecule has 0 fully saturated rings. The maximum absolute atomic E-state index is 12.2. The molecule has 0 bridgehead atoms. The SMILES string of the molecule is CCCCOC(C)C(=O)NC(C(=O)O)c1ccc2ccccc2c1. The van der Waals surface area contributed by atoms with Crippen LogP contribution in [0.5, 0.6) is 0 Å². The van der Waals surface area contributed by atoms with Gasteiger partial charge in [-0.15, -0.1) is 0 Å². The Labute approximate surface area is 141 Å². The van der Waals surface area contributed by atoms with Crippen LogP contribution >= 0.6 is 0 Å². The second kappa shape index (κ2) is 8.45. The molecule has 2 aromatic rings. The number of benzene rings is 2. The van der Waals surface area contributed by atoms with Crippen molar-refractivity contribution in [1.82, 2.24) is 5.32 Å². The summed E-state index contributed by atoms with van der Waals surface area (Å²) in [6.45, 7) is 4.15. The number of carboxylic acids is 1. The van der Waals surface area contributed by atoms with Crippen LogP contribution in [0, 0.1) is 0 Å². The van der Waals surface area contributed by atoms with Crippen LogP contribution in [0.4, 0.5) is 0 Å². The van der Waals surface area contributed by atoms with Gasteiger partial charge in [-0.25, -0.2) is 4.79 Å². The van der Waals surface area contributed by atoms with Gasteiger partial charge in [-0.05, 0) is 35.7 Å². The first-order valence-electron chi connectivity index (χ1n) is 8.16. The van der Waals surface area contributed by atoms with Gasteiger partial charge in [0.15, 0.2) is 6.04 Å². The second-order valence-corrected chi connectivity index (χ2v) is 5.75. The number of carbonyl (C=O) groups excluding carboxylic acids is 1. The predicted octanol–water partition coefficient (Wildman–Crippen LogP) is 3.29. The number of nitrogens with one attached hydrogen (secondary N) is 1. The number of aliphatic carboxylic acids is 1. The lowest BCUT2D eigenvalue weighted by atomic mass is 10.0. The molecule has 24 heavy (non-hydrogen) atoms. The number of amides is 1. The van der Waals surface area contributed by atoms with Gasteiger partial charge in [0.25, 0.3) is 0 Å². The van der Waals surface area contributed by atoms with Crippen molar-refractivity contribution in [1.29, 1.82) is 0 Å². The van der Waals surface area contributed by atoms with Crippen molar-refractivity contribution in [3.63, 3.8) is 0 Å². The van der Waals surface area contributed by atoms with Crippen LogP contribution in [-0.2, 0) is 14.3 Å². The molecule has 0 radical (unpaired) electrons. The molecule has 0 aliphatic rings. The van der Waals surface area contributed by atoms with E-state index in [1.807, 2.05) is 37.3 Å². The smallest absolute Gasteiger partial charge is 0.330 e. The summed E-state index contributed by atoms with van der Waals surface area (Å²) in [5.41, 5.74) is 0.537. The number of rotatable bonds is 8. The van der Waals surface area contributed by atoms with Crippen molar-refractivity contribution in [2.24, 2.45) is 0 Å². The fraction of sp³-hybridized carbons (Fsp3) is 0.368. The molecule has 0 aromatic heterocycles. The molecular weight excluding hydrogens is 306 g/mol. The highest BCUT2D eigenvalue weighted by molar-refractivity contribution is 5.89. The lowest BCUT2D eigenvalue weighted by Gasteiger charge is -2.19. The molecular formula is C19H23NO4. The Morgan fingerprint density at radius 2 is 1.88 bits per heavy atom. The van der Waals surface area contributed by atoms with E-state index in [0.717, 1.165) is 23.6 Å². The van der Waals surface area contributed by atoms with Crippen LogP contribution in [0.25, 0.3) is 10.8 Å². The van der Waals surface area contributed by atoms with E-state index in [-0.39, 0.29) is 0 Å². The Morgan fingerprint density at radius 3 is 2.54 bits per heavy atom. The van der Waals surface area contributed by atoms with Crippen molar-refractivity contribution < 1.29 is 19.4 Å². The zero-order valence-electron chi connectivity index (χ0n) is 14.0. The number of hydrogen-bond donors (Lipinski definition) is 2. The molecule has 2 aromatic carbocycles. The third kappa shape index (κ3) is 4.55. The number of hydrogen-bond acceptors (Lipinski definition) is 3. The number of ether oxygens (including phenoxy) is 1. The predicted molar refractivity (Wildman–Crippen MR) is 92.8 cm³/mol. The van der Waals surface area contributed by atoms with Gasteiger partial charge in [0.2, 0.25) is 5.91 Å². The van der Waals surface area contributed by atoms with E-state index in [1.165, 1.54) is 0 Å². The molecule has 0 heterocycles. The molecule has 5 nitrogen and oxygen atoms in total. The normalized spacial score (nSPS) is 13.4. The Bertz CT molecular complexity index is 713. The lowest BCUT2D eigenvalue weighted by Crippen LogP contribution is -2.40. The molecule has 0 spiro atoms. The lowest BCUT2D eigenvalue weighted by molar-refractivity contribution is -0.144. The Hall–Kier alpha value is -2.40. The van der Waals surface area contributed by atoms with Crippen LogP contribution in [0.1, 0.15) is 38.3 Å². The molecule has 0 aliphatic carbocycles. The Morgan fingerprint density at radius 1 is 1.17 bits per heavy atom. The summed E-state index contributed by atoms with van der Waals surface area (Å²) < 4.78 is 5.43. The molecule has 0 saturated carbocycles. The van der Waals surface area contributed by atoms with E-state index in [2.05, 4.69) is 5.32 Å². The molecule has 1 amide bonds. The maximum atomic E-state index is 12.2. The Balaban J connectivity index is 2.13. The van der Waals surface area contributed by atoms with Gasteiger partial charge in [-0.3, -0.25) is 4.79 Å². The van der Waals surface area contributed by atoms with Crippen LogP contribution in [0.15, 0.2) is 42.5 Å². The van der Waals surface area contributed by atoms with Gasteiger partial charge in [0.1, 0.15) is 6.10 Å². The zero-order valence-corrected chi connectivity index (χ0v) is 14.0. The zero-order chi connectivity index (χ0) is 17.5. The fourth-order valence-electron chi connectivity index (χ4n) is 2.41. The third-order valence-electron chi connectivity index (χ3n) is 3.88. The number of fused-ring (bicyclic) bond motifs is 1. The summed E-state index contributed by atoms with van der Waals surface area (Å²) in [6, 6.07) is 12.0. The summed E-state index contributed by atoms with van der Waals surface area (Å²) in [5, 5.41) is 14.0. The summed E-state index contributed by atoms with van der Waals surface area (Å²) in [5.74, 6) is -1.52. The van der Waals surface area contributed by atoms with Crippen molar-refractivity contribution in [2.45, 2.75) is 38.8 Å². The van der Waals surface area contributed by atoms with Gasteiger partial charge in [-0.2, -0.15) is 0 Å². The van der Waals surface area contributed by atoms with Crippen LogP contribution in [0.3, 0.4) is 0 Å². The number of carbonyl (C=O) groups is 2. The van der Waals surface area contributed by atoms with E-state index in [1.54, 1.807) is 19.1 Å². The third-order valence-corrected chi connectivity index (χ3v) is 3.88. The molecule has 2 rings (SSSR count). The van der Waals surface area contributed by atoms with E-state index in [4.69, 9.17) is 4.74 Å². The van der Waals surface area contributed by atoms with Crippen LogP contribution < -0.4 is 5.32 Å². The summed E-state index contributed by atoms with van der Waals surface area (Å²) >= 11 is 0. The van der Waals surface area contributed by atoms with Crippen molar-refractivity contribution >= 4 is 22.6 Å². The van der Waals surface area contributed by atoms with E-state index >= 15 is 0 Å². The minimum atomic E-state index is -1.10. The van der Waals surface area contributed by atoms with Crippen molar-refractivity contribution in [2.75, 3.05) is 6.61 Å². The number of carboxylic acid groups (broad SMARTS) is 1. The van der Waals surface area contributed by atoms with Gasteiger partial charge < -0.3 is 15.2 Å². The molecule has 0 saturated heterocycles. The highest BCUT2D eigenvalue weighted by atomic mass is 16.5. The van der Waals surface area contributed by atoms with Gasteiger partial charge in [0, 0.05) is 6.61 Å². The first kappa shape index (κ1) is 17.9. The molecule has 128 valence electrons. The summed E-state index contributed by atoms with van der Waals surface area (Å²) in [6.07, 6.45) is 1.16. The van der Waals surface area contributed by atoms with E-state index in [0.29, 0.717) is 12.2 Å². The van der Waals surface area contributed by atoms with Gasteiger partial charge in [0.05, 0.1) is 0 Å². The quantitative estimate of drug-likeness (QED) is 0.729. The van der Waals surface area contributed by atoms with Crippen LogP contribution in [-0.4, -0.2) is 29.7 Å². The average molecular weight is 329 g/mol. The van der Waals surface area contributed by atoms with Gasteiger partial charge >= 0.3 is 5.97 Å². The van der Waals surface area contributed by atoms with E-state index in [9.17, 15) is 14.7 Å². The molecule has 0 aliphatic heterocycles. The maximum Gasteiger partial charge on any atom is 0.330 e. The molecule has 5 heteroatoms. The summed E-state index contributed by atoms with van der Waals surface area (Å²) in [7, 11) is 0. The topological polar surface area (TPSA) is 75.6 Å². The highest BCUT2D eigenvalue weighted by Gasteiger charge is 2.25. The second-order valence-electron chi connectivity index (χ2n) is 5.75. The monoisotopic (exact) mass is 329 g/mol. The standard InChI is InChI=1S/C19H23NO4/c1-3-4-11-24-13(2)18(21)20-17(19(22)23)16-10-9-14-7-5-6-8-15(14)12-16/h5-10,12-13,17H,3-4,11H2,1-2H3,(H,20,21)(H,22,23). The minimum Gasteiger partial charge on any atom is -0.479 e. The largest absolute Gasteiger partial charge is 0.479 e. The molecule has 2 unspecified atom stereocenters. The van der Waals surface area contributed by atoms with E-state index < -0.39 is 24.0 Å².